The number of carbonyl (C=O) groups excluding carboxylic acids is 2. The monoisotopic (exact) mass is 422 g/mol. The zero-order chi connectivity index (χ0) is 22.2. The van der Waals surface area contributed by atoms with Crippen molar-refractivity contribution in [3.8, 4) is 0 Å². The van der Waals surface area contributed by atoms with E-state index in [-0.39, 0.29) is 37.0 Å². The number of nitrogens with one attached hydrogen (secondary N) is 1. The highest BCUT2D eigenvalue weighted by atomic mass is 16.2. The number of hydrogen-bond acceptors (Lipinski definition) is 3. The van der Waals surface area contributed by atoms with E-state index in [1.807, 2.05) is 68.4 Å². The molecule has 0 aliphatic heterocycles. The molecule has 164 valence electrons. The highest BCUT2D eigenvalue weighted by Crippen LogP contribution is 2.13. The molecule has 0 atom stereocenters. The van der Waals surface area contributed by atoms with Gasteiger partial charge in [0.1, 0.15) is 0 Å². The topological polar surface area (TPSA) is 76.3 Å². The third kappa shape index (κ3) is 5.42. The van der Waals surface area contributed by atoms with Gasteiger partial charge in [-0.1, -0.05) is 49.4 Å². The maximum atomic E-state index is 12.8. The summed E-state index contributed by atoms with van der Waals surface area (Å²) >= 11 is 0. The molecular weight excluding hydrogens is 392 g/mol. The second-order valence-corrected chi connectivity index (χ2v) is 7.49. The summed E-state index contributed by atoms with van der Waals surface area (Å²) in [6.07, 6.45) is 0.992. The minimum Gasteiger partial charge on any atom is -0.347 e. The zero-order valence-electron chi connectivity index (χ0n) is 18.2. The summed E-state index contributed by atoms with van der Waals surface area (Å²) in [7, 11) is 0. The first-order valence-corrected chi connectivity index (χ1v) is 10.8. The summed E-state index contributed by atoms with van der Waals surface area (Å²) in [6, 6.07) is 17.4. The largest absolute Gasteiger partial charge is 0.347 e. The van der Waals surface area contributed by atoms with Gasteiger partial charge in [-0.25, -0.2) is 4.79 Å². The highest BCUT2D eigenvalue weighted by molar-refractivity contribution is 5.85. The molecule has 1 heterocycles. The first kappa shape index (κ1) is 22.3. The average molecular weight is 423 g/mol. The second kappa shape index (κ2) is 10.6. The number of benzene rings is 2. The second-order valence-electron chi connectivity index (χ2n) is 7.49. The number of aromatic nitrogens is 2. The fourth-order valence-electron chi connectivity index (χ4n) is 3.70. The van der Waals surface area contributed by atoms with Crippen LogP contribution < -0.4 is 11.0 Å². The van der Waals surface area contributed by atoms with Crippen LogP contribution in [0.1, 0.15) is 32.3 Å². The molecule has 7 nitrogen and oxygen atoms in total. The van der Waals surface area contributed by atoms with Gasteiger partial charge in [0.2, 0.25) is 11.8 Å². The van der Waals surface area contributed by atoms with Gasteiger partial charge >= 0.3 is 5.69 Å². The van der Waals surface area contributed by atoms with Crippen molar-refractivity contribution in [1.82, 2.24) is 19.4 Å². The lowest BCUT2D eigenvalue weighted by atomic mass is 10.2. The Hall–Kier alpha value is -3.35. The Morgan fingerprint density at radius 2 is 1.52 bits per heavy atom. The van der Waals surface area contributed by atoms with Crippen molar-refractivity contribution in [2.45, 2.75) is 46.3 Å². The molecule has 3 aromatic rings. The molecule has 0 radical (unpaired) electrons. The van der Waals surface area contributed by atoms with Crippen LogP contribution in [-0.4, -0.2) is 38.9 Å². The Morgan fingerprint density at radius 1 is 0.903 bits per heavy atom. The third-order valence-corrected chi connectivity index (χ3v) is 5.32. The maximum absolute atomic E-state index is 12.8. The van der Waals surface area contributed by atoms with Crippen molar-refractivity contribution in [2.75, 3.05) is 13.1 Å². The van der Waals surface area contributed by atoms with Crippen LogP contribution in [0.15, 0.2) is 59.4 Å². The number of likely N-dealkylation sites (N-methyl/N-ethyl adjacent to an activating group) is 1. The van der Waals surface area contributed by atoms with E-state index in [0.717, 1.165) is 23.0 Å². The number of hydrogen-bond donors (Lipinski definition) is 1. The van der Waals surface area contributed by atoms with Crippen LogP contribution in [0.2, 0.25) is 0 Å². The summed E-state index contributed by atoms with van der Waals surface area (Å²) < 4.78 is 3.39. The van der Waals surface area contributed by atoms with Crippen LogP contribution in [0.5, 0.6) is 0 Å². The molecule has 1 aromatic heterocycles. The Balaban J connectivity index is 1.57. The van der Waals surface area contributed by atoms with Gasteiger partial charge in [0.05, 0.1) is 17.6 Å². The van der Waals surface area contributed by atoms with E-state index in [1.54, 1.807) is 14.0 Å². The molecule has 0 saturated heterocycles. The van der Waals surface area contributed by atoms with Crippen molar-refractivity contribution in [3.63, 3.8) is 0 Å². The Morgan fingerprint density at radius 3 is 2.13 bits per heavy atom. The quantitative estimate of drug-likeness (QED) is 0.546. The van der Waals surface area contributed by atoms with Crippen molar-refractivity contribution >= 4 is 22.8 Å². The number of nitrogens with zero attached hydrogens (tertiary/aromatic N) is 3. The number of rotatable bonds is 10. The van der Waals surface area contributed by atoms with Crippen LogP contribution in [-0.2, 0) is 29.2 Å². The predicted octanol–water partition coefficient (Wildman–Crippen LogP) is 2.77. The van der Waals surface area contributed by atoms with Crippen LogP contribution in [0, 0.1) is 0 Å². The lowest BCUT2D eigenvalue weighted by molar-refractivity contribution is -0.133. The molecule has 31 heavy (non-hydrogen) atoms. The first-order valence-electron chi connectivity index (χ1n) is 10.8. The predicted molar refractivity (Wildman–Crippen MR) is 122 cm³/mol. The Kier molecular flexibility index (Phi) is 7.65. The van der Waals surface area contributed by atoms with Gasteiger partial charge in [-0.15, -0.1) is 0 Å². The van der Waals surface area contributed by atoms with Crippen LogP contribution in [0.3, 0.4) is 0 Å². The maximum Gasteiger partial charge on any atom is 0.329 e. The molecule has 0 aliphatic carbocycles. The van der Waals surface area contributed by atoms with Crippen molar-refractivity contribution in [1.29, 1.82) is 0 Å². The SMILES string of the molecule is CCCn1c(=O)n(CCC(=O)NCC(=O)N(CC)Cc2ccccc2)c2ccccc21. The lowest BCUT2D eigenvalue weighted by Crippen LogP contribution is -2.40. The van der Waals surface area contributed by atoms with E-state index in [9.17, 15) is 14.4 Å². The van der Waals surface area contributed by atoms with Crippen LogP contribution in [0.25, 0.3) is 11.0 Å². The van der Waals surface area contributed by atoms with Crippen LogP contribution >= 0.6 is 0 Å². The standard InChI is InChI=1S/C24H30N4O3/c1-3-15-27-20-12-8-9-13-21(20)28(24(27)31)16-14-22(29)25-17-23(30)26(4-2)18-19-10-6-5-7-11-19/h5-13H,3-4,14-18H2,1-2H3,(H,25,29). The smallest absolute Gasteiger partial charge is 0.329 e. The molecule has 0 saturated carbocycles. The van der Waals surface area contributed by atoms with Gasteiger partial charge in [0, 0.05) is 32.6 Å². The van der Waals surface area contributed by atoms with Crippen molar-refractivity contribution in [2.24, 2.45) is 0 Å². The first-order chi connectivity index (χ1) is 15.0. The molecule has 7 heteroatoms. The highest BCUT2D eigenvalue weighted by Gasteiger charge is 2.15. The van der Waals surface area contributed by atoms with Crippen LogP contribution in [0.4, 0.5) is 0 Å². The average Bonchev–Trinajstić information content (AvgIpc) is 3.06. The zero-order valence-corrected chi connectivity index (χ0v) is 18.2. The number of fused-ring (bicyclic) bond motifs is 1. The molecule has 0 unspecified atom stereocenters. The summed E-state index contributed by atoms with van der Waals surface area (Å²) in [5.74, 6) is -0.375. The van der Waals surface area contributed by atoms with Gasteiger partial charge in [-0.2, -0.15) is 0 Å². The molecule has 1 N–H and O–H groups in total. The molecular formula is C24H30N4O3. The van der Waals surface area contributed by atoms with E-state index in [4.69, 9.17) is 0 Å². The van der Waals surface area contributed by atoms with E-state index in [1.165, 1.54) is 0 Å². The minimum atomic E-state index is -0.247. The lowest BCUT2D eigenvalue weighted by Gasteiger charge is -2.21. The normalized spacial score (nSPS) is 10.9. The van der Waals surface area contributed by atoms with Crippen molar-refractivity contribution < 1.29 is 9.59 Å². The third-order valence-electron chi connectivity index (χ3n) is 5.32. The summed E-state index contributed by atoms with van der Waals surface area (Å²) in [5.41, 5.74) is 2.65. The van der Waals surface area contributed by atoms with E-state index in [0.29, 0.717) is 19.6 Å². The van der Waals surface area contributed by atoms with E-state index < -0.39 is 0 Å². The summed E-state index contributed by atoms with van der Waals surface area (Å²) in [6.45, 7) is 5.89. The number of carbonyl (C=O) groups is 2. The molecule has 3 rings (SSSR count). The van der Waals surface area contributed by atoms with Gasteiger partial charge in [-0.3, -0.25) is 18.7 Å². The van der Waals surface area contributed by atoms with Gasteiger partial charge in [0.25, 0.3) is 0 Å². The Labute approximate surface area is 182 Å². The van der Waals surface area contributed by atoms with Crippen molar-refractivity contribution in [3.05, 3.63) is 70.6 Å². The molecule has 0 bridgehead atoms. The fourth-order valence-corrected chi connectivity index (χ4v) is 3.70. The minimum absolute atomic E-state index is 0.0496. The Bertz CT molecular complexity index is 1090. The number of aryl methyl sites for hydroxylation is 2. The number of amides is 2. The molecule has 0 fully saturated rings. The van der Waals surface area contributed by atoms with Gasteiger partial charge < -0.3 is 10.2 Å². The molecule has 2 amide bonds. The fraction of sp³-hybridized carbons (Fsp3) is 0.375. The van der Waals surface area contributed by atoms with E-state index in [2.05, 4.69) is 5.32 Å². The van der Waals surface area contributed by atoms with E-state index >= 15 is 0 Å². The molecule has 0 aliphatic rings. The molecule has 0 spiro atoms. The number of para-hydroxylation sites is 2. The number of imidazole rings is 1. The molecule has 2 aromatic carbocycles. The van der Waals surface area contributed by atoms with Gasteiger partial charge in [-0.05, 0) is 31.0 Å². The summed E-state index contributed by atoms with van der Waals surface area (Å²) in [5, 5.41) is 2.70. The summed E-state index contributed by atoms with van der Waals surface area (Å²) in [4.78, 5) is 39.4. The van der Waals surface area contributed by atoms with Gasteiger partial charge in [0.15, 0.2) is 0 Å².